The number of hydrogen-bond donors (Lipinski definition) is 0. The van der Waals surface area contributed by atoms with Crippen LogP contribution >= 0.6 is 10.7 Å². The zero-order valence-corrected chi connectivity index (χ0v) is 12.1. The molecule has 0 aromatic heterocycles. The third-order valence-electron chi connectivity index (χ3n) is 3.39. The van der Waals surface area contributed by atoms with Gasteiger partial charge in [-0.3, -0.25) is 0 Å². The molecule has 0 N–H and O–H groups in total. The fraction of sp³-hybridized carbons (Fsp3) is 0.538. The highest BCUT2D eigenvalue weighted by Gasteiger charge is 2.20. The molecule has 0 saturated heterocycles. The number of aryl methyl sites for hydroxylation is 2. The Kier molecular flexibility index (Phi) is 3.87. The number of benzene rings is 1. The minimum Gasteiger partial charge on any atom is -0.493 e. The van der Waals surface area contributed by atoms with Crippen molar-refractivity contribution in [3.63, 3.8) is 0 Å². The Hall–Kier alpha value is -0.740. The van der Waals surface area contributed by atoms with E-state index in [0.717, 1.165) is 5.75 Å². The maximum atomic E-state index is 11.4. The van der Waals surface area contributed by atoms with Gasteiger partial charge in [-0.15, -0.1) is 0 Å². The zero-order valence-electron chi connectivity index (χ0n) is 10.6. The van der Waals surface area contributed by atoms with Gasteiger partial charge in [0, 0.05) is 10.7 Å². The molecule has 1 aliphatic carbocycles. The molecule has 0 unspecified atom stereocenters. The highest BCUT2D eigenvalue weighted by atomic mass is 35.7. The van der Waals surface area contributed by atoms with Gasteiger partial charge in [-0.1, -0.05) is 6.42 Å². The first-order chi connectivity index (χ1) is 8.38. The van der Waals surface area contributed by atoms with Crippen LogP contribution in [0.25, 0.3) is 0 Å². The van der Waals surface area contributed by atoms with E-state index in [0.29, 0.717) is 23.7 Å². The largest absolute Gasteiger partial charge is 0.493 e. The Morgan fingerprint density at radius 2 is 1.83 bits per heavy atom. The summed E-state index contributed by atoms with van der Waals surface area (Å²) in [5.74, 6) is 1.38. The Labute approximate surface area is 113 Å². The van der Waals surface area contributed by atoms with E-state index in [-0.39, 0.29) is 4.90 Å². The van der Waals surface area contributed by atoms with E-state index in [2.05, 4.69) is 0 Å². The molecule has 0 aliphatic heterocycles. The Morgan fingerprint density at radius 1 is 1.28 bits per heavy atom. The summed E-state index contributed by atoms with van der Waals surface area (Å²) in [6.07, 6.45) is 3.74. The molecule has 18 heavy (non-hydrogen) atoms. The van der Waals surface area contributed by atoms with Gasteiger partial charge in [0.05, 0.1) is 11.5 Å². The van der Waals surface area contributed by atoms with E-state index in [4.69, 9.17) is 15.4 Å². The molecule has 2 rings (SSSR count). The second-order valence-corrected chi connectivity index (χ2v) is 7.43. The fourth-order valence-corrected chi connectivity index (χ4v) is 3.87. The van der Waals surface area contributed by atoms with Crippen LogP contribution in [0.2, 0.25) is 0 Å². The average Bonchev–Trinajstić information content (AvgIpc) is 2.11. The summed E-state index contributed by atoms with van der Waals surface area (Å²) in [6.45, 7) is 4.18. The summed E-state index contributed by atoms with van der Waals surface area (Å²) in [6, 6.07) is 3.47. The molecule has 1 aromatic carbocycles. The topological polar surface area (TPSA) is 43.4 Å². The molecule has 0 amide bonds. The molecule has 0 atom stereocenters. The first-order valence-corrected chi connectivity index (χ1v) is 8.37. The lowest BCUT2D eigenvalue weighted by atomic mass is 9.86. The summed E-state index contributed by atoms with van der Waals surface area (Å²) >= 11 is 0. The van der Waals surface area contributed by atoms with Gasteiger partial charge in [-0.2, -0.15) is 0 Å². The average molecular weight is 289 g/mol. The minimum absolute atomic E-state index is 0.195. The lowest BCUT2D eigenvalue weighted by Gasteiger charge is -2.25. The van der Waals surface area contributed by atoms with Crippen molar-refractivity contribution in [2.45, 2.75) is 38.0 Å². The van der Waals surface area contributed by atoms with Gasteiger partial charge in [0.2, 0.25) is 0 Å². The van der Waals surface area contributed by atoms with Crippen LogP contribution in [0.15, 0.2) is 17.0 Å². The van der Waals surface area contributed by atoms with Crippen molar-refractivity contribution < 1.29 is 13.2 Å². The molecule has 100 valence electrons. The van der Waals surface area contributed by atoms with Crippen molar-refractivity contribution >= 4 is 19.7 Å². The molecule has 0 bridgehead atoms. The van der Waals surface area contributed by atoms with Gasteiger partial charge in [0.1, 0.15) is 5.75 Å². The maximum absolute atomic E-state index is 11.4. The molecule has 1 aliphatic rings. The molecule has 1 fully saturated rings. The predicted octanol–water partition coefficient (Wildman–Crippen LogP) is 3.41. The Bertz CT molecular complexity index is 524. The maximum Gasteiger partial charge on any atom is 0.261 e. The first kappa shape index (κ1) is 13.7. The quantitative estimate of drug-likeness (QED) is 0.798. The molecule has 1 saturated carbocycles. The van der Waals surface area contributed by atoms with Gasteiger partial charge in [0.15, 0.2) is 0 Å². The standard InChI is InChI=1S/C13H17ClO3S/c1-9-6-12(17-8-11-4-3-5-11)7-10(2)13(9)18(14,15)16/h6-7,11H,3-5,8H2,1-2H3. The fourth-order valence-electron chi connectivity index (χ4n) is 2.25. The molecule has 5 heteroatoms. The van der Waals surface area contributed by atoms with Gasteiger partial charge < -0.3 is 4.74 Å². The van der Waals surface area contributed by atoms with Crippen LogP contribution < -0.4 is 4.74 Å². The number of halogens is 1. The van der Waals surface area contributed by atoms with Crippen molar-refractivity contribution in [1.82, 2.24) is 0 Å². The van der Waals surface area contributed by atoms with Crippen LogP contribution in [0.4, 0.5) is 0 Å². The lowest BCUT2D eigenvalue weighted by Crippen LogP contribution is -2.19. The van der Waals surface area contributed by atoms with Crippen LogP contribution in [0.5, 0.6) is 5.75 Å². The highest BCUT2D eigenvalue weighted by Crippen LogP contribution is 2.30. The van der Waals surface area contributed by atoms with Gasteiger partial charge in [-0.25, -0.2) is 8.42 Å². The van der Waals surface area contributed by atoms with Gasteiger partial charge in [-0.05, 0) is 55.9 Å². The van der Waals surface area contributed by atoms with E-state index in [1.165, 1.54) is 19.3 Å². The third-order valence-corrected chi connectivity index (χ3v) is 4.98. The smallest absolute Gasteiger partial charge is 0.261 e. The Morgan fingerprint density at radius 3 is 2.22 bits per heavy atom. The molecular weight excluding hydrogens is 272 g/mol. The number of rotatable bonds is 4. The third kappa shape index (κ3) is 2.98. The van der Waals surface area contributed by atoms with E-state index < -0.39 is 9.05 Å². The summed E-state index contributed by atoms with van der Waals surface area (Å²) in [5, 5.41) is 0. The second-order valence-electron chi connectivity index (χ2n) is 4.93. The lowest BCUT2D eigenvalue weighted by molar-refractivity contribution is 0.180. The normalized spacial score (nSPS) is 16.4. The molecular formula is C13H17ClO3S. The second kappa shape index (κ2) is 5.10. The summed E-state index contributed by atoms with van der Waals surface area (Å²) in [7, 11) is 1.72. The number of hydrogen-bond acceptors (Lipinski definition) is 3. The van der Waals surface area contributed by atoms with Crippen molar-refractivity contribution in [1.29, 1.82) is 0 Å². The van der Waals surface area contributed by atoms with E-state index in [1.807, 2.05) is 0 Å². The van der Waals surface area contributed by atoms with Crippen molar-refractivity contribution in [2.75, 3.05) is 6.61 Å². The molecule has 0 radical (unpaired) electrons. The Balaban J connectivity index is 2.19. The highest BCUT2D eigenvalue weighted by molar-refractivity contribution is 8.13. The molecule has 0 spiro atoms. The van der Waals surface area contributed by atoms with Gasteiger partial charge >= 0.3 is 0 Å². The van der Waals surface area contributed by atoms with Crippen LogP contribution in [0.3, 0.4) is 0 Å². The first-order valence-electron chi connectivity index (χ1n) is 6.06. The van der Waals surface area contributed by atoms with Crippen molar-refractivity contribution in [2.24, 2.45) is 5.92 Å². The molecule has 0 heterocycles. The van der Waals surface area contributed by atoms with E-state index >= 15 is 0 Å². The molecule has 1 aromatic rings. The predicted molar refractivity (Wildman–Crippen MR) is 71.8 cm³/mol. The van der Waals surface area contributed by atoms with Crippen LogP contribution in [-0.4, -0.2) is 15.0 Å². The van der Waals surface area contributed by atoms with E-state index in [1.54, 1.807) is 26.0 Å². The summed E-state index contributed by atoms with van der Waals surface area (Å²) in [5.41, 5.74) is 1.27. The molecule has 3 nitrogen and oxygen atoms in total. The zero-order chi connectivity index (χ0) is 13.3. The van der Waals surface area contributed by atoms with Crippen LogP contribution in [0.1, 0.15) is 30.4 Å². The van der Waals surface area contributed by atoms with Crippen molar-refractivity contribution in [3.8, 4) is 5.75 Å². The van der Waals surface area contributed by atoms with E-state index in [9.17, 15) is 8.42 Å². The summed E-state index contributed by atoms with van der Waals surface area (Å²) < 4.78 is 28.6. The monoisotopic (exact) mass is 288 g/mol. The van der Waals surface area contributed by atoms with Crippen LogP contribution in [0, 0.1) is 19.8 Å². The van der Waals surface area contributed by atoms with Crippen molar-refractivity contribution in [3.05, 3.63) is 23.3 Å². The SMILES string of the molecule is Cc1cc(OCC2CCC2)cc(C)c1S(=O)(=O)Cl. The number of ether oxygens (including phenoxy) is 1. The van der Waals surface area contributed by atoms with Crippen LogP contribution in [-0.2, 0) is 9.05 Å². The minimum atomic E-state index is -3.69. The van der Waals surface area contributed by atoms with Gasteiger partial charge in [0.25, 0.3) is 9.05 Å². The summed E-state index contributed by atoms with van der Waals surface area (Å²) in [4.78, 5) is 0.195.